The van der Waals surface area contributed by atoms with Gasteiger partial charge < -0.3 is 4.74 Å². The van der Waals surface area contributed by atoms with Crippen LogP contribution in [-0.4, -0.2) is 23.7 Å². The molecule has 1 aliphatic carbocycles. The van der Waals surface area contributed by atoms with Gasteiger partial charge in [-0.15, -0.1) is 0 Å². The molecule has 140 valence electrons. The third-order valence-electron chi connectivity index (χ3n) is 4.27. The molecule has 0 fully saturated rings. The number of amides is 1. The first kappa shape index (κ1) is 19.0. The Morgan fingerprint density at radius 1 is 1.30 bits per heavy atom. The Morgan fingerprint density at radius 3 is 2.93 bits per heavy atom. The summed E-state index contributed by atoms with van der Waals surface area (Å²) in [5, 5.41) is 14.6. The number of nitrogens with one attached hydrogen (secondary N) is 1. The van der Waals surface area contributed by atoms with Crippen molar-refractivity contribution in [3.63, 3.8) is 0 Å². The number of carbonyl (C=O) groups excluding carboxylic acids is 1. The van der Waals surface area contributed by atoms with Crippen LogP contribution in [0, 0.1) is 10.1 Å². The molecule has 1 amide bonds. The highest BCUT2D eigenvalue weighted by Crippen LogP contribution is 2.35. The van der Waals surface area contributed by atoms with Crippen LogP contribution in [0.4, 0.5) is 5.69 Å². The van der Waals surface area contributed by atoms with Gasteiger partial charge in [-0.1, -0.05) is 18.2 Å². The van der Waals surface area contributed by atoms with E-state index in [1.54, 1.807) is 12.1 Å². The van der Waals surface area contributed by atoms with Crippen molar-refractivity contribution in [3.05, 3.63) is 67.7 Å². The summed E-state index contributed by atoms with van der Waals surface area (Å²) >= 11 is 3.58. The fourth-order valence-electron chi connectivity index (χ4n) is 2.95. The number of aryl methyl sites for hydroxylation is 1. The van der Waals surface area contributed by atoms with E-state index in [1.807, 2.05) is 12.1 Å². The van der Waals surface area contributed by atoms with E-state index in [-0.39, 0.29) is 12.3 Å². The van der Waals surface area contributed by atoms with Gasteiger partial charge in [-0.05, 0) is 58.8 Å². The molecule has 1 N–H and O–H groups in total. The van der Waals surface area contributed by atoms with Gasteiger partial charge in [0.1, 0.15) is 5.75 Å². The predicted octanol–water partition coefficient (Wildman–Crippen LogP) is 3.77. The summed E-state index contributed by atoms with van der Waals surface area (Å²) in [6.07, 6.45) is 5.78. The smallest absolute Gasteiger partial charge is 0.277 e. The van der Waals surface area contributed by atoms with Gasteiger partial charge in [-0.3, -0.25) is 14.9 Å². The maximum atomic E-state index is 11.9. The van der Waals surface area contributed by atoms with Gasteiger partial charge in [0, 0.05) is 17.7 Å². The van der Waals surface area contributed by atoms with Crippen molar-refractivity contribution in [2.45, 2.75) is 25.7 Å². The zero-order valence-electron chi connectivity index (χ0n) is 14.5. The zero-order valence-corrected chi connectivity index (χ0v) is 16.1. The van der Waals surface area contributed by atoms with Gasteiger partial charge in [-0.25, -0.2) is 5.43 Å². The largest absolute Gasteiger partial charge is 0.483 e. The lowest BCUT2D eigenvalue weighted by atomic mass is 9.92. The van der Waals surface area contributed by atoms with Crippen LogP contribution in [0.2, 0.25) is 0 Å². The lowest BCUT2D eigenvalue weighted by molar-refractivity contribution is -0.384. The third-order valence-corrected chi connectivity index (χ3v) is 5.14. The molecular formula is C19H18BrN3O4. The number of nitrogens with zero attached hydrogens (tertiary/aromatic N) is 2. The van der Waals surface area contributed by atoms with E-state index in [9.17, 15) is 14.9 Å². The molecule has 0 heterocycles. The van der Waals surface area contributed by atoms with Crippen LogP contribution in [0.5, 0.6) is 5.75 Å². The molecular weight excluding hydrogens is 414 g/mol. The van der Waals surface area contributed by atoms with Crippen LogP contribution in [0.15, 0.2) is 46.0 Å². The Kier molecular flexibility index (Phi) is 6.18. The Hall–Kier alpha value is -2.74. The Morgan fingerprint density at radius 2 is 2.11 bits per heavy atom. The number of hydrogen-bond acceptors (Lipinski definition) is 5. The third kappa shape index (κ3) is 4.91. The molecule has 0 saturated carbocycles. The topological polar surface area (TPSA) is 93.8 Å². The van der Waals surface area contributed by atoms with E-state index in [0.29, 0.717) is 11.3 Å². The van der Waals surface area contributed by atoms with Crippen LogP contribution >= 0.6 is 15.9 Å². The van der Waals surface area contributed by atoms with Crippen molar-refractivity contribution in [2.24, 2.45) is 5.10 Å². The number of ether oxygens (including phenoxy) is 1. The molecule has 3 rings (SSSR count). The molecule has 2 aromatic carbocycles. The number of carbonyl (C=O) groups is 1. The second kappa shape index (κ2) is 8.77. The van der Waals surface area contributed by atoms with Crippen molar-refractivity contribution in [1.82, 2.24) is 5.43 Å². The number of fused-ring (bicyclic) bond motifs is 1. The molecule has 1 aliphatic rings. The summed E-state index contributed by atoms with van der Waals surface area (Å²) in [5.74, 6) is 0.217. The molecule has 0 spiro atoms. The minimum atomic E-state index is -0.486. The lowest BCUT2D eigenvalue weighted by Gasteiger charge is -2.19. The van der Waals surface area contributed by atoms with Crippen molar-refractivity contribution < 1.29 is 14.5 Å². The quantitative estimate of drug-likeness (QED) is 0.427. The van der Waals surface area contributed by atoms with E-state index in [2.05, 4.69) is 26.5 Å². The normalized spacial score (nSPS) is 13.2. The van der Waals surface area contributed by atoms with Crippen LogP contribution in [-0.2, 0) is 17.6 Å². The van der Waals surface area contributed by atoms with Gasteiger partial charge in [-0.2, -0.15) is 5.10 Å². The molecule has 0 aliphatic heterocycles. The zero-order chi connectivity index (χ0) is 19.2. The predicted molar refractivity (Wildman–Crippen MR) is 105 cm³/mol. The van der Waals surface area contributed by atoms with E-state index in [4.69, 9.17) is 4.74 Å². The summed E-state index contributed by atoms with van der Waals surface area (Å²) in [6, 6.07) is 9.89. The van der Waals surface area contributed by atoms with E-state index >= 15 is 0 Å². The lowest BCUT2D eigenvalue weighted by Crippen LogP contribution is -2.24. The Labute approximate surface area is 164 Å². The van der Waals surface area contributed by atoms with Gasteiger partial charge in [0.05, 0.1) is 15.6 Å². The first-order chi connectivity index (χ1) is 13.0. The van der Waals surface area contributed by atoms with Gasteiger partial charge in [0.15, 0.2) is 6.61 Å². The van der Waals surface area contributed by atoms with Crippen LogP contribution in [0.3, 0.4) is 0 Å². The maximum Gasteiger partial charge on any atom is 0.277 e. The number of halogens is 1. The summed E-state index contributed by atoms with van der Waals surface area (Å²) in [7, 11) is 0. The highest BCUT2D eigenvalue weighted by Gasteiger charge is 2.16. The molecule has 0 radical (unpaired) electrons. The monoisotopic (exact) mass is 431 g/mol. The molecule has 0 bridgehead atoms. The van der Waals surface area contributed by atoms with Crippen molar-refractivity contribution in [1.29, 1.82) is 0 Å². The SMILES string of the molecule is O=C(COc1ccc2c(c1Br)CCCC2)N/N=C\c1cccc([N+](=O)[O-])c1. The average Bonchev–Trinajstić information content (AvgIpc) is 2.68. The first-order valence-electron chi connectivity index (χ1n) is 8.54. The molecule has 7 nitrogen and oxygen atoms in total. The number of hydrazone groups is 1. The average molecular weight is 432 g/mol. The highest BCUT2D eigenvalue weighted by atomic mass is 79.9. The summed E-state index contributed by atoms with van der Waals surface area (Å²) < 4.78 is 6.51. The number of non-ortho nitro benzene ring substituents is 1. The number of nitro groups is 1. The second-order valence-corrected chi connectivity index (χ2v) is 6.95. The van der Waals surface area contributed by atoms with Crippen molar-refractivity contribution in [3.8, 4) is 5.75 Å². The minimum absolute atomic E-state index is 0.0362. The van der Waals surface area contributed by atoms with Crippen LogP contribution < -0.4 is 10.2 Å². The van der Waals surface area contributed by atoms with Gasteiger partial charge >= 0.3 is 0 Å². The first-order valence-corrected chi connectivity index (χ1v) is 9.33. The fraction of sp³-hybridized carbons (Fsp3) is 0.263. The second-order valence-electron chi connectivity index (χ2n) is 6.16. The molecule has 8 heteroatoms. The summed E-state index contributed by atoms with van der Waals surface area (Å²) in [4.78, 5) is 22.2. The van der Waals surface area contributed by atoms with E-state index in [1.165, 1.54) is 35.9 Å². The van der Waals surface area contributed by atoms with E-state index < -0.39 is 10.8 Å². The number of nitro benzene ring substituents is 1. The molecule has 0 unspecified atom stereocenters. The number of rotatable bonds is 6. The molecule has 0 aromatic heterocycles. The number of benzene rings is 2. The van der Waals surface area contributed by atoms with E-state index in [0.717, 1.165) is 23.7 Å². The Balaban J connectivity index is 1.54. The summed E-state index contributed by atoms with van der Waals surface area (Å²) in [6.45, 7) is -0.177. The van der Waals surface area contributed by atoms with Crippen molar-refractivity contribution >= 4 is 33.7 Å². The molecule has 0 atom stereocenters. The van der Waals surface area contributed by atoms with Gasteiger partial charge in [0.2, 0.25) is 0 Å². The molecule has 2 aromatic rings. The van der Waals surface area contributed by atoms with Crippen LogP contribution in [0.1, 0.15) is 29.5 Å². The molecule has 27 heavy (non-hydrogen) atoms. The minimum Gasteiger partial charge on any atom is -0.483 e. The fourth-order valence-corrected chi connectivity index (χ4v) is 3.65. The highest BCUT2D eigenvalue weighted by molar-refractivity contribution is 9.10. The number of hydrogen-bond donors (Lipinski definition) is 1. The van der Waals surface area contributed by atoms with Crippen LogP contribution in [0.25, 0.3) is 0 Å². The van der Waals surface area contributed by atoms with Gasteiger partial charge in [0.25, 0.3) is 11.6 Å². The van der Waals surface area contributed by atoms with Crippen molar-refractivity contribution in [2.75, 3.05) is 6.61 Å². The standard InChI is InChI=1S/C19H18BrN3O4/c20-19-16-7-2-1-5-14(16)8-9-17(19)27-12-18(24)22-21-11-13-4-3-6-15(10-13)23(25)26/h3-4,6,8-11H,1-2,5,7,12H2,(H,22,24)/b21-11-. The maximum absolute atomic E-state index is 11.9. The Bertz CT molecular complexity index is 899. The molecule has 0 saturated heterocycles. The summed E-state index contributed by atoms with van der Waals surface area (Å²) in [5.41, 5.74) is 5.41.